The SMILES string of the molecule is COC(=O)CCC(=O)N[C@H](Cc1cn(C(=O)OC(C)(C)C)c2ccccc12)C(=O)OC. The molecule has 1 aromatic carbocycles. The summed E-state index contributed by atoms with van der Waals surface area (Å²) >= 11 is 0. The van der Waals surface area contributed by atoms with Gasteiger partial charge in [0.2, 0.25) is 5.91 Å². The fourth-order valence-electron chi connectivity index (χ4n) is 3.01. The number of nitrogens with one attached hydrogen (secondary N) is 1. The first kappa shape index (κ1) is 23.9. The van der Waals surface area contributed by atoms with Crippen molar-refractivity contribution in [1.29, 1.82) is 0 Å². The number of rotatable bonds is 7. The number of benzene rings is 1. The Bertz CT molecular complexity index is 972. The average Bonchev–Trinajstić information content (AvgIpc) is 3.08. The number of ether oxygens (including phenoxy) is 3. The minimum atomic E-state index is -0.993. The van der Waals surface area contributed by atoms with Crippen molar-refractivity contribution in [2.45, 2.75) is 51.7 Å². The van der Waals surface area contributed by atoms with Gasteiger partial charge in [-0.05, 0) is 32.4 Å². The number of carbonyl (C=O) groups is 4. The highest BCUT2D eigenvalue weighted by Crippen LogP contribution is 2.24. The maximum Gasteiger partial charge on any atom is 0.419 e. The Labute approximate surface area is 180 Å². The molecule has 1 atom stereocenters. The summed E-state index contributed by atoms with van der Waals surface area (Å²) in [5.41, 5.74) is 0.600. The van der Waals surface area contributed by atoms with Crippen LogP contribution in [0.5, 0.6) is 0 Å². The molecule has 2 rings (SSSR count). The third kappa shape index (κ3) is 6.56. The summed E-state index contributed by atoms with van der Waals surface area (Å²) in [6.45, 7) is 5.32. The van der Waals surface area contributed by atoms with Crippen molar-refractivity contribution in [1.82, 2.24) is 9.88 Å². The van der Waals surface area contributed by atoms with E-state index in [1.807, 2.05) is 12.1 Å². The highest BCUT2D eigenvalue weighted by molar-refractivity contribution is 5.93. The molecule has 1 N–H and O–H groups in total. The molecule has 0 radical (unpaired) electrons. The van der Waals surface area contributed by atoms with Gasteiger partial charge in [-0.15, -0.1) is 0 Å². The van der Waals surface area contributed by atoms with Crippen LogP contribution in [0.4, 0.5) is 4.79 Å². The minimum absolute atomic E-state index is 0.0902. The fourth-order valence-corrected chi connectivity index (χ4v) is 3.01. The number of nitrogens with zero attached hydrogens (tertiary/aromatic N) is 1. The molecule has 0 spiro atoms. The summed E-state index contributed by atoms with van der Waals surface area (Å²) < 4.78 is 16.2. The number of amides is 1. The molecule has 31 heavy (non-hydrogen) atoms. The van der Waals surface area contributed by atoms with E-state index < -0.39 is 35.6 Å². The van der Waals surface area contributed by atoms with E-state index in [0.717, 1.165) is 5.39 Å². The molecule has 0 fully saturated rings. The Morgan fingerprint density at radius 3 is 2.32 bits per heavy atom. The Morgan fingerprint density at radius 1 is 1.03 bits per heavy atom. The quantitative estimate of drug-likeness (QED) is 0.528. The van der Waals surface area contributed by atoms with E-state index in [4.69, 9.17) is 9.47 Å². The van der Waals surface area contributed by atoms with E-state index in [2.05, 4.69) is 10.1 Å². The van der Waals surface area contributed by atoms with E-state index >= 15 is 0 Å². The van der Waals surface area contributed by atoms with Crippen LogP contribution in [0.25, 0.3) is 10.9 Å². The van der Waals surface area contributed by atoms with Gasteiger partial charge in [0.05, 0.1) is 26.2 Å². The van der Waals surface area contributed by atoms with E-state index in [9.17, 15) is 19.2 Å². The molecule has 2 aromatic rings. The Kier molecular flexibility index (Phi) is 7.79. The molecule has 9 nitrogen and oxygen atoms in total. The van der Waals surface area contributed by atoms with Crippen LogP contribution in [-0.4, -0.2) is 54.4 Å². The Morgan fingerprint density at radius 2 is 1.71 bits per heavy atom. The average molecular weight is 432 g/mol. The number of para-hydroxylation sites is 1. The molecule has 0 saturated carbocycles. The first-order chi connectivity index (χ1) is 14.6. The second kappa shape index (κ2) is 10.1. The summed E-state index contributed by atoms with van der Waals surface area (Å²) in [5, 5.41) is 3.33. The van der Waals surface area contributed by atoms with Crippen LogP contribution in [0.3, 0.4) is 0 Å². The molecule has 168 valence electrons. The third-order valence-corrected chi connectivity index (χ3v) is 4.41. The van der Waals surface area contributed by atoms with Crippen LogP contribution in [0, 0.1) is 0 Å². The van der Waals surface area contributed by atoms with Crippen LogP contribution in [-0.2, 0) is 35.0 Å². The maximum absolute atomic E-state index is 12.7. The van der Waals surface area contributed by atoms with Gasteiger partial charge in [0.15, 0.2) is 0 Å². The van der Waals surface area contributed by atoms with Gasteiger partial charge in [0, 0.05) is 24.4 Å². The van der Waals surface area contributed by atoms with Gasteiger partial charge < -0.3 is 19.5 Å². The minimum Gasteiger partial charge on any atom is -0.469 e. The molecule has 0 bridgehead atoms. The van der Waals surface area contributed by atoms with Crippen LogP contribution in [0.2, 0.25) is 0 Å². The van der Waals surface area contributed by atoms with Crippen LogP contribution >= 0.6 is 0 Å². The van der Waals surface area contributed by atoms with Crippen molar-refractivity contribution >= 4 is 34.8 Å². The number of aromatic nitrogens is 1. The van der Waals surface area contributed by atoms with Crippen molar-refractivity contribution in [3.05, 3.63) is 36.0 Å². The zero-order valence-electron chi connectivity index (χ0n) is 18.4. The molecule has 0 unspecified atom stereocenters. The zero-order valence-corrected chi connectivity index (χ0v) is 18.4. The lowest BCUT2D eigenvalue weighted by Gasteiger charge is -2.19. The van der Waals surface area contributed by atoms with Gasteiger partial charge in [0.25, 0.3) is 0 Å². The van der Waals surface area contributed by atoms with Crippen molar-refractivity contribution in [3.63, 3.8) is 0 Å². The standard InChI is InChI=1S/C22H28N2O7/c1-22(2,3)31-21(28)24-13-14(15-8-6-7-9-17(15)24)12-16(20(27)30-5)23-18(25)10-11-19(26)29-4/h6-9,13,16H,10-12H2,1-5H3,(H,23,25)/t16-/m1/s1. The Balaban J connectivity index is 2.29. The van der Waals surface area contributed by atoms with Gasteiger partial charge in [-0.3, -0.25) is 14.2 Å². The molecule has 0 aliphatic carbocycles. The molecule has 1 amide bonds. The van der Waals surface area contributed by atoms with Gasteiger partial charge in [-0.1, -0.05) is 18.2 Å². The largest absolute Gasteiger partial charge is 0.469 e. The first-order valence-corrected chi connectivity index (χ1v) is 9.82. The lowest BCUT2D eigenvalue weighted by atomic mass is 10.0. The highest BCUT2D eigenvalue weighted by atomic mass is 16.6. The number of carbonyl (C=O) groups excluding carboxylic acids is 4. The van der Waals surface area contributed by atoms with Gasteiger partial charge in [-0.25, -0.2) is 9.59 Å². The van der Waals surface area contributed by atoms with Crippen LogP contribution in [0.15, 0.2) is 30.5 Å². The number of hydrogen-bond donors (Lipinski definition) is 1. The topological polar surface area (TPSA) is 113 Å². The number of esters is 2. The summed E-state index contributed by atoms with van der Waals surface area (Å²) in [6, 6.07) is 6.20. The first-order valence-electron chi connectivity index (χ1n) is 9.82. The lowest BCUT2D eigenvalue weighted by Crippen LogP contribution is -2.43. The Hall–Kier alpha value is -3.36. The van der Waals surface area contributed by atoms with E-state index in [0.29, 0.717) is 11.1 Å². The van der Waals surface area contributed by atoms with Crippen LogP contribution < -0.4 is 5.32 Å². The summed E-state index contributed by atoms with van der Waals surface area (Å²) in [4.78, 5) is 48.4. The fraction of sp³-hybridized carbons (Fsp3) is 0.455. The number of hydrogen-bond acceptors (Lipinski definition) is 7. The predicted molar refractivity (Wildman–Crippen MR) is 112 cm³/mol. The van der Waals surface area contributed by atoms with Crippen molar-refractivity contribution in [2.75, 3.05) is 14.2 Å². The monoisotopic (exact) mass is 432 g/mol. The molecule has 1 aromatic heterocycles. The summed E-state index contributed by atoms with van der Waals surface area (Å²) in [7, 11) is 2.46. The van der Waals surface area contributed by atoms with Gasteiger partial charge >= 0.3 is 18.0 Å². The molecular formula is C22H28N2O7. The van der Waals surface area contributed by atoms with E-state index in [1.165, 1.54) is 18.8 Å². The summed E-state index contributed by atoms with van der Waals surface area (Å²) in [5.74, 6) is -1.65. The molecule has 0 aliphatic rings. The number of fused-ring (bicyclic) bond motifs is 1. The second-order valence-corrected chi connectivity index (χ2v) is 7.95. The normalized spacial score (nSPS) is 12.2. The molecule has 0 saturated heterocycles. The second-order valence-electron chi connectivity index (χ2n) is 7.95. The maximum atomic E-state index is 12.7. The van der Waals surface area contributed by atoms with Crippen molar-refractivity contribution in [2.24, 2.45) is 0 Å². The number of methoxy groups -OCH3 is 2. The van der Waals surface area contributed by atoms with Crippen molar-refractivity contribution in [3.8, 4) is 0 Å². The zero-order chi connectivity index (χ0) is 23.2. The van der Waals surface area contributed by atoms with Gasteiger partial charge in [-0.2, -0.15) is 0 Å². The third-order valence-electron chi connectivity index (χ3n) is 4.41. The smallest absolute Gasteiger partial charge is 0.419 e. The molecular weight excluding hydrogens is 404 g/mol. The molecule has 1 heterocycles. The molecule has 9 heteroatoms. The summed E-state index contributed by atoms with van der Waals surface area (Å²) in [6.07, 6.45) is 0.905. The van der Waals surface area contributed by atoms with Crippen molar-refractivity contribution < 1.29 is 33.4 Å². The molecule has 0 aliphatic heterocycles. The van der Waals surface area contributed by atoms with E-state index in [1.54, 1.807) is 39.1 Å². The van der Waals surface area contributed by atoms with Gasteiger partial charge in [0.1, 0.15) is 11.6 Å². The van der Waals surface area contributed by atoms with Crippen LogP contribution in [0.1, 0.15) is 39.2 Å². The lowest BCUT2D eigenvalue weighted by molar-refractivity contribution is -0.145. The highest BCUT2D eigenvalue weighted by Gasteiger charge is 2.26. The van der Waals surface area contributed by atoms with E-state index in [-0.39, 0.29) is 19.3 Å². The predicted octanol–water partition coefficient (Wildman–Crippen LogP) is 2.58.